The van der Waals surface area contributed by atoms with Crippen LogP contribution in [-0.2, 0) is 22.7 Å². The fourth-order valence-electron chi connectivity index (χ4n) is 3.34. The lowest BCUT2D eigenvalue weighted by atomic mass is 9.98. The van der Waals surface area contributed by atoms with Crippen LogP contribution in [0.3, 0.4) is 0 Å². The van der Waals surface area contributed by atoms with Crippen LogP contribution in [0.15, 0.2) is 98.1 Å². The highest BCUT2D eigenvalue weighted by molar-refractivity contribution is 5.14. The molecule has 0 spiro atoms. The zero-order chi connectivity index (χ0) is 21.7. The third-order valence-corrected chi connectivity index (χ3v) is 5.28. The van der Waals surface area contributed by atoms with Gasteiger partial charge in [-0.05, 0) is 50.7 Å². The molecule has 1 aliphatic carbocycles. The van der Waals surface area contributed by atoms with Crippen molar-refractivity contribution in [3.63, 3.8) is 0 Å². The highest BCUT2D eigenvalue weighted by atomic mass is 16.5. The smallest absolute Gasteiger partial charge is 0.0727 e. The van der Waals surface area contributed by atoms with Gasteiger partial charge in [0.05, 0.1) is 24.4 Å². The van der Waals surface area contributed by atoms with Gasteiger partial charge in [-0.15, -0.1) is 13.2 Å². The summed E-state index contributed by atoms with van der Waals surface area (Å²) in [4.78, 5) is 0. The monoisotopic (exact) mass is 404 g/mol. The lowest BCUT2D eigenvalue weighted by Gasteiger charge is -2.27. The highest BCUT2D eigenvalue weighted by Crippen LogP contribution is 2.28. The van der Waals surface area contributed by atoms with E-state index < -0.39 is 0 Å². The molecule has 1 aliphatic rings. The third kappa shape index (κ3) is 8.52. The van der Waals surface area contributed by atoms with Crippen LogP contribution < -0.4 is 0 Å². The summed E-state index contributed by atoms with van der Waals surface area (Å²) in [6, 6.07) is 20.5. The maximum atomic E-state index is 5.95. The second-order valence-corrected chi connectivity index (χ2v) is 8.31. The molecular formula is C28H36O2. The van der Waals surface area contributed by atoms with Gasteiger partial charge in [0.15, 0.2) is 0 Å². The summed E-state index contributed by atoms with van der Waals surface area (Å²) >= 11 is 0. The normalized spacial score (nSPS) is 14.6. The molecule has 0 heterocycles. The van der Waals surface area contributed by atoms with Crippen molar-refractivity contribution >= 4 is 0 Å². The Morgan fingerprint density at radius 2 is 1.30 bits per heavy atom. The van der Waals surface area contributed by atoms with Crippen LogP contribution >= 0.6 is 0 Å². The predicted octanol–water partition coefficient (Wildman–Crippen LogP) is 7.43. The van der Waals surface area contributed by atoms with E-state index >= 15 is 0 Å². The maximum absolute atomic E-state index is 5.95. The molecule has 0 radical (unpaired) electrons. The fraction of sp³-hybridized carbons (Fsp3) is 0.357. The van der Waals surface area contributed by atoms with Crippen LogP contribution in [0.2, 0.25) is 0 Å². The van der Waals surface area contributed by atoms with Gasteiger partial charge in [0.25, 0.3) is 0 Å². The first-order valence-electron chi connectivity index (χ1n) is 10.7. The first kappa shape index (κ1) is 23.9. The van der Waals surface area contributed by atoms with Crippen molar-refractivity contribution in [2.24, 2.45) is 0 Å². The first-order valence-corrected chi connectivity index (χ1v) is 10.7. The van der Waals surface area contributed by atoms with Crippen molar-refractivity contribution in [1.29, 1.82) is 0 Å². The Kier molecular flexibility index (Phi) is 9.79. The minimum Gasteiger partial charge on any atom is -0.370 e. The molecule has 30 heavy (non-hydrogen) atoms. The highest BCUT2D eigenvalue weighted by Gasteiger charge is 2.25. The van der Waals surface area contributed by atoms with Crippen LogP contribution in [0.5, 0.6) is 0 Å². The van der Waals surface area contributed by atoms with Crippen molar-refractivity contribution in [2.45, 2.75) is 63.9 Å². The SMILES string of the molecule is C=CCC(C)(CC=C)OCc1ccccc1.CC1(OCc2ccccc2)CC=CC1. The molecule has 160 valence electrons. The summed E-state index contributed by atoms with van der Waals surface area (Å²) in [5, 5.41) is 0. The molecule has 0 unspecified atom stereocenters. The lowest BCUT2D eigenvalue weighted by Crippen LogP contribution is -2.27. The van der Waals surface area contributed by atoms with Crippen LogP contribution in [-0.4, -0.2) is 11.2 Å². The van der Waals surface area contributed by atoms with Gasteiger partial charge in [-0.2, -0.15) is 0 Å². The third-order valence-electron chi connectivity index (χ3n) is 5.28. The van der Waals surface area contributed by atoms with Gasteiger partial charge in [-0.25, -0.2) is 0 Å². The first-order chi connectivity index (χ1) is 14.5. The molecule has 0 saturated heterocycles. The van der Waals surface area contributed by atoms with Gasteiger partial charge in [0, 0.05) is 0 Å². The number of hydrogen-bond acceptors (Lipinski definition) is 2. The maximum Gasteiger partial charge on any atom is 0.0727 e. The molecule has 0 bridgehead atoms. The quantitative estimate of drug-likeness (QED) is 0.383. The molecular weight excluding hydrogens is 368 g/mol. The summed E-state index contributed by atoms with van der Waals surface area (Å²) in [6.07, 6.45) is 12.0. The molecule has 2 nitrogen and oxygen atoms in total. The average Bonchev–Trinajstić information content (AvgIpc) is 3.20. The summed E-state index contributed by atoms with van der Waals surface area (Å²) in [5.41, 5.74) is 2.30. The average molecular weight is 405 g/mol. The largest absolute Gasteiger partial charge is 0.370 e. The van der Waals surface area contributed by atoms with E-state index in [0.29, 0.717) is 6.61 Å². The zero-order valence-electron chi connectivity index (χ0n) is 18.6. The van der Waals surface area contributed by atoms with E-state index in [0.717, 1.165) is 32.3 Å². The molecule has 0 fully saturated rings. The molecule has 2 aromatic carbocycles. The van der Waals surface area contributed by atoms with Crippen LogP contribution in [0.4, 0.5) is 0 Å². The van der Waals surface area contributed by atoms with Crippen molar-refractivity contribution in [3.05, 3.63) is 109 Å². The summed E-state index contributed by atoms with van der Waals surface area (Å²) in [6.45, 7) is 13.2. The van der Waals surface area contributed by atoms with Gasteiger partial charge in [0.2, 0.25) is 0 Å². The number of hydrogen-bond donors (Lipinski definition) is 0. The van der Waals surface area contributed by atoms with Crippen molar-refractivity contribution < 1.29 is 9.47 Å². The Labute approximate surface area is 182 Å². The van der Waals surface area contributed by atoms with E-state index in [2.05, 4.69) is 63.4 Å². The summed E-state index contributed by atoms with van der Waals surface area (Å²) < 4.78 is 11.9. The van der Waals surface area contributed by atoms with Crippen LogP contribution in [0, 0.1) is 0 Å². The topological polar surface area (TPSA) is 18.5 Å². The summed E-state index contributed by atoms with van der Waals surface area (Å²) in [5.74, 6) is 0. The van der Waals surface area contributed by atoms with Crippen LogP contribution in [0.1, 0.15) is 50.7 Å². The number of rotatable bonds is 10. The van der Waals surface area contributed by atoms with Crippen molar-refractivity contribution in [3.8, 4) is 0 Å². The molecule has 0 N–H and O–H groups in total. The molecule has 0 amide bonds. The second-order valence-electron chi connectivity index (χ2n) is 8.31. The van der Waals surface area contributed by atoms with Crippen LogP contribution in [0.25, 0.3) is 0 Å². The molecule has 0 aliphatic heterocycles. The van der Waals surface area contributed by atoms with Crippen molar-refractivity contribution in [2.75, 3.05) is 0 Å². The van der Waals surface area contributed by atoms with E-state index in [1.165, 1.54) is 11.1 Å². The molecule has 2 heteroatoms. The van der Waals surface area contributed by atoms with Gasteiger partial charge in [-0.3, -0.25) is 0 Å². The van der Waals surface area contributed by atoms with Gasteiger partial charge < -0.3 is 9.47 Å². The Balaban J connectivity index is 0.000000215. The minimum absolute atomic E-state index is 0.0375. The Bertz CT molecular complexity index is 759. The second kappa shape index (κ2) is 12.3. The Morgan fingerprint density at radius 1 is 0.833 bits per heavy atom. The standard InChI is InChI=1S/C15H20O.C13H16O/c1-4-11-15(3,12-5-2)16-13-14-9-7-6-8-10-14;1-13(9-5-6-10-13)14-11-12-7-3-2-4-8-12/h4-10H,1-2,11-13H2,3H3;2-8H,9-11H2,1H3. The zero-order valence-corrected chi connectivity index (χ0v) is 18.6. The van der Waals surface area contributed by atoms with Gasteiger partial charge >= 0.3 is 0 Å². The molecule has 0 saturated carbocycles. The van der Waals surface area contributed by atoms with E-state index in [1.54, 1.807) is 0 Å². The molecule has 0 atom stereocenters. The van der Waals surface area contributed by atoms with Crippen molar-refractivity contribution in [1.82, 2.24) is 0 Å². The van der Waals surface area contributed by atoms with E-state index in [4.69, 9.17) is 9.47 Å². The number of ether oxygens (including phenoxy) is 2. The predicted molar refractivity (Wildman–Crippen MR) is 127 cm³/mol. The Morgan fingerprint density at radius 3 is 1.77 bits per heavy atom. The minimum atomic E-state index is -0.181. The molecule has 3 rings (SSSR count). The number of benzene rings is 2. The molecule has 2 aromatic rings. The van der Waals surface area contributed by atoms with E-state index in [-0.39, 0.29) is 11.2 Å². The van der Waals surface area contributed by atoms with E-state index in [1.807, 2.05) is 48.6 Å². The fourth-order valence-corrected chi connectivity index (χ4v) is 3.34. The lowest BCUT2D eigenvalue weighted by molar-refractivity contribution is -0.0386. The van der Waals surface area contributed by atoms with Gasteiger partial charge in [0.1, 0.15) is 0 Å². The Hall–Kier alpha value is -2.42. The van der Waals surface area contributed by atoms with E-state index in [9.17, 15) is 0 Å². The summed E-state index contributed by atoms with van der Waals surface area (Å²) in [7, 11) is 0. The van der Waals surface area contributed by atoms with Gasteiger partial charge in [-0.1, -0.05) is 85.0 Å². The molecule has 0 aromatic heterocycles.